The summed E-state index contributed by atoms with van der Waals surface area (Å²) >= 11 is 1.34. The summed E-state index contributed by atoms with van der Waals surface area (Å²) in [5.41, 5.74) is 1.76. The van der Waals surface area contributed by atoms with Crippen molar-refractivity contribution in [2.45, 2.75) is 17.3 Å². The second kappa shape index (κ2) is 9.38. The first kappa shape index (κ1) is 20.6. The van der Waals surface area contributed by atoms with Crippen molar-refractivity contribution < 1.29 is 14.3 Å². The zero-order valence-electron chi connectivity index (χ0n) is 16.1. The summed E-state index contributed by atoms with van der Waals surface area (Å²) in [6.45, 7) is 0.241. The van der Waals surface area contributed by atoms with E-state index in [2.05, 4.69) is 15.3 Å². The van der Waals surface area contributed by atoms with Crippen LogP contribution in [-0.4, -0.2) is 35.1 Å². The second-order valence-electron chi connectivity index (χ2n) is 6.51. The number of carboxylic acids is 1. The summed E-state index contributed by atoms with van der Waals surface area (Å²) in [5, 5.41) is 13.2. The highest BCUT2D eigenvalue weighted by Crippen LogP contribution is 2.30. The van der Waals surface area contributed by atoms with Crippen LogP contribution in [0.1, 0.15) is 21.5 Å². The van der Waals surface area contributed by atoms with Crippen molar-refractivity contribution in [2.24, 2.45) is 0 Å². The third kappa shape index (κ3) is 5.45. The van der Waals surface area contributed by atoms with Gasteiger partial charge in [-0.1, -0.05) is 42.5 Å². The van der Waals surface area contributed by atoms with Crippen LogP contribution >= 0.6 is 11.8 Å². The number of thioether (sulfide) groups is 1. The van der Waals surface area contributed by atoms with Crippen LogP contribution in [0, 0.1) is 5.82 Å². The van der Waals surface area contributed by atoms with Crippen LogP contribution in [0.2, 0.25) is 0 Å². The van der Waals surface area contributed by atoms with Crippen LogP contribution in [0.5, 0.6) is 0 Å². The Bertz CT molecular complexity index is 999. The van der Waals surface area contributed by atoms with Crippen molar-refractivity contribution in [2.75, 3.05) is 24.3 Å². The molecule has 8 heteroatoms. The molecule has 2 N–H and O–H groups in total. The number of aromatic carboxylic acids is 1. The number of anilines is 2. The molecule has 0 atom stereocenters. The Balaban J connectivity index is 1.92. The zero-order chi connectivity index (χ0) is 20.8. The molecule has 0 aliphatic heterocycles. The van der Waals surface area contributed by atoms with Crippen LogP contribution < -0.4 is 10.2 Å². The predicted molar refractivity (Wildman–Crippen MR) is 113 cm³/mol. The quantitative estimate of drug-likeness (QED) is 0.422. The van der Waals surface area contributed by atoms with Gasteiger partial charge in [-0.3, -0.25) is 0 Å². The molecule has 1 heterocycles. The molecule has 0 unspecified atom stereocenters. The maximum Gasteiger partial charge on any atom is 0.342 e. The van der Waals surface area contributed by atoms with E-state index >= 15 is 0 Å². The topological polar surface area (TPSA) is 78.4 Å². The van der Waals surface area contributed by atoms with Crippen molar-refractivity contribution in [3.8, 4) is 0 Å². The van der Waals surface area contributed by atoms with Gasteiger partial charge in [-0.05, 0) is 23.3 Å². The molecule has 3 rings (SSSR count). The fraction of sp³-hybridized carbons (Fsp3) is 0.190. The largest absolute Gasteiger partial charge is 0.477 e. The van der Waals surface area contributed by atoms with Crippen LogP contribution in [0.25, 0.3) is 0 Å². The van der Waals surface area contributed by atoms with Crippen molar-refractivity contribution in [3.63, 3.8) is 0 Å². The molecule has 0 aliphatic rings. The Kier molecular flexibility index (Phi) is 6.66. The molecule has 29 heavy (non-hydrogen) atoms. The molecule has 150 valence electrons. The molecule has 3 aromatic rings. The monoisotopic (exact) mass is 412 g/mol. The lowest BCUT2D eigenvalue weighted by Crippen LogP contribution is -2.18. The minimum absolute atomic E-state index is 0.00735. The smallest absolute Gasteiger partial charge is 0.342 e. The number of carboxylic acid groups (broad SMARTS) is 1. The summed E-state index contributed by atoms with van der Waals surface area (Å²) in [4.78, 5) is 22.5. The van der Waals surface area contributed by atoms with Gasteiger partial charge in [0.1, 0.15) is 22.2 Å². The number of halogens is 1. The minimum Gasteiger partial charge on any atom is -0.477 e. The van der Waals surface area contributed by atoms with E-state index in [1.807, 2.05) is 30.3 Å². The standard InChI is InChI=1S/C21H21FN4O2S/c1-26(2)21-24-18(23-12-15-9-6-10-16(22)11-15)17(20(27)28)19(25-21)29-13-14-7-4-3-5-8-14/h3-11H,12-13H2,1-2H3,(H,27,28)(H,23,24,25). The van der Waals surface area contributed by atoms with Gasteiger partial charge in [0, 0.05) is 26.4 Å². The Morgan fingerprint density at radius 2 is 1.83 bits per heavy atom. The highest BCUT2D eigenvalue weighted by Gasteiger charge is 2.22. The lowest BCUT2D eigenvalue weighted by molar-refractivity contribution is 0.0693. The third-order valence-electron chi connectivity index (χ3n) is 4.05. The van der Waals surface area contributed by atoms with Gasteiger partial charge in [0.2, 0.25) is 5.95 Å². The van der Waals surface area contributed by atoms with E-state index in [9.17, 15) is 14.3 Å². The maximum atomic E-state index is 13.4. The van der Waals surface area contributed by atoms with Crippen molar-refractivity contribution >= 4 is 29.5 Å². The Labute approximate surface area is 172 Å². The molecular formula is C21H21FN4O2S. The van der Waals surface area contributed by atoms with E-state index in [-0.39, 0.29) is 23.7 Å². The van der Waals surface area contributed by atoms with Gasteiger partial charge >= 0.3 is 5.97 Å². The highest BCUT2D eigenvalue weighted by atomic mass is 32.2. The molecule has 0 saturated heterocycles. The molecule has 0 aliphatic carbocycles. The Hall–Kier alpha value is -3.13. The first-order chi connectivity index (χ1) is 13.9. The molecule has 2 aromatic carbocycles. The fourth-order valence-electron chi connectivity index (χ4n) is 2.61. The maximum absolute atomic E-state index is 13.4. The number of nitrogens with one attached hydrogen (secondary N) is 1. The van der Waals surface area contributed by atoms with Gasteiger partial charge in [-0.2, -0.15) is 4.98 Å². The number of aromatic nitrogens is 2. The predicted octanol–water partition coefficient (Wildman–Crippen LogP) is 4.28. The minimum atomic E-state index is -1.12. The van der Waals surface area contributed by atoms with Gasteiger partial charge in [-0.15, -0.1) is 11.8 Å². The van der Waals surface area contributed by atoms with Crippen LogP contribution in [0.3, 0.4) is 0 Å². The highest BCUT2D eigenvalue weighted by molar-refractivity contribution is 7.98. The number of rotatable bonds is 8. The molecule has 0 radical (unpaired) electrons. The number of carbonyl (C=O) groups is 1. The molecule has 1 aromatic heterocycles. The normalized spacial score (nSPS) is 10.6. The molecular weight excluding hydrogens is 391 g/mol. The lowest BCUT2D eigenvalue weighted by atomic mass is 10.2. The first-order valence-corrected chi connectivity index (χ1v) is 9.90. The average molecular weight is 412 g/mol. The summed E-state index contributed by atoms with van der Waals surface area (Å²) in [7, 11) is 3.58. The zero-order valence-corrected chi connectivity index (χ0v) is 16.9. The van der Waals surface area contributed by atoms with Crippen LogP contribution in [0.15, 0.2) is 59.6 Å². The molecule has 0 fully saturated rings. The average Bonchev–Trinajstić information content (AvgIpc) is 2.70. The van der Waals surface area contributed by atoms with Crippen LogP contribution in [-0.2, 0) is 12.3 Å². The van der Waals surface area contributed by atoms with Crippen molar-refractivity contribution in [3.05, 3.63) is 77.1 Å². The van der Waals surface area contributed by atoms with E-state index in [0.29, 0.717) is 22.3 Å². The molecule has 0 amide bonds. The molecule has 0 spiro atoms. The summed E-state index contributed by atoms with van der Waals surface area (Å²) in [6, 6.07) is 15.9. The SMILES string of the molecule is CN(C)c1nc(NCc2cccc(F)c2)c(C(=O)O)c(SCc2ccccc2)n1. The summed E-state index contributed by atoms with van der Waals surface area (Å²) in [6.07, 6.45) is 0. The number of hydrogen-bond acceptors (Lipinski definition) is 6. The van der Waals surface area contributed by atoms with Gasteiger partial charge in [0.15, 0.2) is 0 Å². The third-order valence-corrected chi connectivity index (χ3v) is 5.09. The van der Waals surface area contributed by atoms with Gasteiger partial charge in [-0.25, -0.2) is 14.2 Å². The summed E-state index contributed by atoms with van der Waals surface area (Å²) in [5.74, 6) is -0.289. The molecule has 0 bridgehead atoms. The number of hydrogen-bond donors (Lipinski definition) is 2. The van der Waals surface area contributed by atoms with E-state index in [0.717, 1.165) is 5.56 Å². The Morgan fingerprint density at radius 3 is 2.48 bits per heavy atom. The van der Waals surface area contributed by atoms with Crippen molar-refractivity contribution in [1.82, 2.24) is 9.97 Å². The van der Waals surface area contributed by atoms with E-state index in [1.54, 1.807) is 31.1 Å². The number of benzene rings is 2. The van der Waals surface area contributed by atoms with Gasteiger partial charge in [0.05, 0.1) is 0 Å². The van der Waals surface area contributed by atoms with Gasteiger partial charge < -0.3 is 15.3 Å². The molecule has 0 saturated carbocycles. The molecule has 6 nitrogen and oxygen atoms in total. The number of nitrogens with zero attached hydrogens (tertiary/aromatic N) is 3. The van der Waals surface area contributed by atoms with Crippen LogP contribution in [0.4, 0.5) is 16.2 Å². The lowest BCUT2D eigenvalue weighted by Gasteiger charge is -2.17. The van der Waals surface area contributed by atoms with Crippen molar-refractivity contribution in [1.29, 1.82) is 0 Å². The fourth-order valence-corrected chi connectivity index (χ4v) is 3.58. The Morgan fingerprint density at radius 1 is 1.10 bits per heavy atom. The van der Waals surface area contributed by atoms with E-state index in [4.69, 9.17) is 0 Å². The second-order valence-corrected chi connectivity index (χ2v) is 7.47. The van der Waals surface area contributed by atoms with Gasteiger partial charge in [0.25, 0.3) is 0 Å². The first-order valence-electron chi connectivity index (χ1n) is 8.91. The summed E-state index contributed by atoms with van der Waals surface area (Å²) < 4.78 is 13.4. The van der Waals surface area contributed by atoms with E-state index < -0.39 is 5.97 Å². The van der Waals surface area contributed by atoms with E-state index in [1.165, 1.54) is 23.9 Å².